The summed E-state index contributed by atoms with van der Waals surface area (Å²) in [6, 6.07) is 0. The van der Waals surface area contributed by atoms with Crippen molar-refractivity contribution in [2.45, 2.75) is 25.4 Å². The van der Waals surface area contributed by atoms with E-state index in [1.807, 2.05) is 0 Å². The lowest BCUT2D eigenvalue weighted by Gasteiger charge is -2.34. The Morgan fingerprint density at radius 1 is 1.14 bits per heavy atom. The van der Waals surface area contributed by atoms with Crippen LogP contribution in [0.3, 0.4) is 0 Å². The van der Waals surface area contributed by atoms with Gasteiger partial charge in [0.15, 0.2) is 0 Å². The van der Waals surface area contributed by atoms with Crippen molar-refractivity contribution >= 4 is 22.0 Å². The van der Waals surface area contributed by atoms with E-state index in [2.05, 4.69) is 0 Å². The summed E-state index contributed by atoms with van der Waals surface area (Å²) in [6.45, 7) is 0.288. The Labute approximate surface area is 122 Å². The Hall–Kier alpha value is -1.19. The largest absolute Gasteiger partial charge is 0.481 e. The van der Waals surface area contributed by atoms with Crippen LogP contribution in [-0.4, -0.2) is 66.4 Å². The normalized spacial score (nSPS) is 31.1. The summed E-state index contributed by atoms with van der Waals surface area (Å²) in [7, 11) is -3.63. The van der Waals surface area contributed by atoms with E-state index in [1.54, 1.807) is 0 Å². The van der Waals surface area contributed by atoms with Crippen LogP contribution in [0.25, 0.3) is 0 Å². The molecule has 2 N–H and O–H groups in total. The molecule has 21 heavy (non-hydrogen) atoms. The van der Waals surface area contributed by atoms with Gasteiger partial charge in [0.2, 0.25) is 10.0 Å². The van der Waals surface area contributed by atoms with Crippen LogP contribution in [0.5, 0.6) is 0 Å². The highest BCUT2D eigenvalue weighted by molar-refractivity contribution is 7.89. The molecule has 0 aromatic rings. The first kappa shape index (κ1) is 16.2. The predicted molar refractivity (Wildman–Crippen MR) is 71.2 cm³/mol. The molecule has 3 unspecified atom stereocenters. The smallest absolute Gasteiger partial charge is 0.308 e. The zero-order valence-electron chi connectivity index (χ0n) is 11.5. The minimum Gasteiger partial charge on any atom is -0.481 e. The van der Waals surface area contributed by atoms with Gasteiger partial charge >= 0.3 is 11.9 Å². The number of hydrogen-bond acceptors (Lipinski definition) is 5. The molecular weight excluding hydrogens is 302 g/mol. The molecule has 0 aromatic carbocycles. The average Bonchev–Trinajstić information content (AvgIpc) is 2.89. The monoisotopic (exact) mass is 321 g/mol. The fourth-order valence-corrected chi connectivity index (χ4v) is 4.55. The number of carboxylic acids is 2. The van der Waals surface area contributed by atoms with Crippen LogP contribution < -0.4 is 0 Å². The van der Waals surface area contributed by atoms with Crippen LogP contribution >= 0.6 is 0 Å². The van der Waals surface area contributed by atoms with Gasteiger partial charge in [0.25, 0.3) is 0 Å². The van der Waals surface area contributed by atoms with Crippen molar-refractivity contribution in [3.05, 3.63) is 0 Å². The van der Waals surface area contributed by atoms with Gasteiger partial charge in [-0.25, -0.2) is 12.7 Å². The first-order valence-corrected chi connectivity index (χ1v) is 8.47. The third-order valence-electron chi connectivity index (χ3n) is 4.02. The topological polar surface area (TPSA) is 121 Å². The quantitative estimate of drug-likeness (QED) is 0.706. The maximum atomic E-state index is 12.3. The van der Waals surface area contributed by atoms with E-state index in [4.69, 9.17) is 14.9 Å². The molecule has 0 amide bonds. The van der Waals surface area contributed by atoms with Crippen LogP contribution in [0, 0.1) is 11.8 Å². The number of sulfonamides is 1. The number of piperidine rings is 1. The van der Waals surface area contributed by atoms with Gasteiger partial charge in [-0.1, -0.05) is 0 Å². The molecule has 3 atom stereocenters. The van der Waals surface area contributed by atoms with Crippen molar-refractivity contribution in [2.75, 3.05) is 25.4 Å². The van der Waals surface area contributed by atoms with E-state index < -0.39 is 33.8 Å². The van der Waals surface area contributed by atoms with Crippen molar-refractivity contribution in [1.29, 1.82) is 0 Å². The molecule has 0 spiro atoms. The number of aliphatic carboxylic acids is 2. The van der Waals surface area contributed by atoms with Crippen LogP contribution in [0.2, 0.25) is 0 Å². The third-order valence-corrected chi connectivity index (χ3v) is 5.94. The van der Waals surface area contributed by atoms with Crippen molar-refractivity contribution in [1.82, 2.24) is 4.31 Å². The highest BCUT2D eigenvalue weighted by Crippen LogP contribution is 2.27. The molecule has 9 heteroatoms. The lowest BCUT2D eigenvalue weighted by atomic mass is 9.86. The first-order valence-electron chi connectivity index (χ1n) is 6.86. The van der Waals surface area contributed by atoms with E-state index in [9.17, 15) is 18.0 Å². The van der Waals surface area contributed by atoms with Gasteiger partial charge in [-0.3, -0.25) is 9.59 Å². The van der Waals surface area contributed by atoms with Gasteiger partial charge in [-0.15, -0.1) is 0 Å². The Bertz CT molecular complexity index is 512. The molecule has 8 nitrogen and oxygen atoms in total. The van der Waals surface area contributed by atoms with Crippen molar-refractivity contribution < 1.29 is 33.0 Å². The first-order chi connectivity index (χ1) is 9.81. The third kappa shape index (κ3) is 3.72. The van der Waals surface area contributed by atoms with Gasteiger partial charge in [-0.05, 0) is 19.3 Å². The number of carboxylic acid groups (broad SMARTS) is 2. The summed E-state index contributed by atoms with van der Waals surface area (Å²) in [4.78, 5) is 22.2. The van der Waals surface area contributed by atoms with Crippen LogP contribution in [0.1, 0.15) is 19.3 Å². The second kappa shape index (κ2) is 6.29. The Morgan fingerprint density at radius 2 is 1.81 bits per heavy atom. The molecule has 2 aliphatic rings. The molecule has 0 bridgehead atoms. The number of nitrogens with zero attached hydrogens (tertiary/aromatic N) is 1. The summed E-state index contributed by atoms with van der Waals surface area (Å²) in [5.74, 6) is -4.90. The summed E-state index contributed by atoms with van der Waals surface area (Å²) in [5.41, 5.74) is 0. The van der Waals surface area contributed by atoms with Crippen molar-refractivity contribution in [3.63, 3.8) is 0 Å². The van der Waals surface area contributed by atoms with Gasteiger partial charge in [0.05, 0.1) is 23.7 Å². The Balaban J connectivity index is 2.07. The lowest BCUT2D eigenvalue weighted by Crippen LogP contribution is -2.50. The molecule has 2 aliphatic heterocycles. The van der Waals surface area contributed by atoms with E-state index >= 15 is 0 Å². The molecule has 2 saturated heterocycles. The second-order valence-electron chi connectivity index (χ2n) is 5.45. The number of ether oxygens (including phenoxy) is 1. The summed E-state index contributed by atoms with van der Waals surface area (Å²) in [5, 5.41) is 18.1. The van der Waals surface area contributed by atoms with Gasteiger partial charge < -0.3 is 14.9 Å². The lowest BCUT2D eigenvalue weighted by molar-refractivity contribution is -0.156. The SMILES string of the molecule is O=C(O)C1CCN(S(=O)(=O)CC2CCCO2)CC1C(=O)O. The molecule has 0 saturated carbocycles. The Kier molecular flexibility index (Phi) is 4.84. The maximum absolute atomic E-state index is 12.3. The van der Waals surface area contributed by atoms with E-state index in [0.717, 1.165) is 10.7 Å². The van der Waals surface area contributed by atoms with Crippen LogP contribution in [-0.2, 0) is 24.3 Å². The second-order valence-corrected chi connectivity index (χ2v) is 7.46. The van der Waals surface area contributed by atoms with Crippen molar-refractivity contribution in [3.8, 4) is 0 Å². The zero-order valence-corrected chi connectivity index (χ0v) is 12.3. The van der Waals surface area contributed by atoms with Crippen molar-refractivity contribution in [2.24, 2.45) is 11.8 Å². The highest BCUT2D eigenvalue weighted by atomic mass is 32.2. The molecule has 0 radical (unpaired) electrons. The van der Waals surface area contributed by atoms with Crippen LogP contribution in [0.4, 0.5) is 0 Å². The minimum absolute atomic E-state index is 0.0110. The number of hydrogen-bond donors (Lipinski definition) is 2. The molecular formula is C12H19NO7S. The number of rotatable bonds is 5. The molecule has 0 aromatic heterocycles. The molecule has 2 fully saturated rings. The van der Waals surface area contributed by atoms with E-state index in [0.29, 0.717) is 13.0 Å². The fraction of sp³-hybridized carbons (Fsp3) is 0.833. The summed E-state index contributed by atoms with van der Waals surface area (Å²) < 4.78 is 31.0. The minimum atomic E-state index is -3.63. The standard InChI is InChI=1S/C12H19NO7S/c14-11(15)9-3-4-13(6-10(9)12(16)17)21(18,19)7-8-2-1-5-20-8/h8-10H,1-7H2,(H,14,15)(H,16,17). The van der Waals surface area contributed by atoms with E-state index in [1.165, 1.54) is 0 Å². The van der Waals surface area contributed by atoms with Gasteiger partial charge in [0, 0.05) is 19.7 Å². The fourth-order valence-electron chi connectivity index (χ4n) is 2.84. The molecule has 2 rings (SSSR count). The highest BCUT2D eigenvalue weighted by Gasteiger charge is 2.42. The molecule has 120 valence electrons. The van der Waals surface area contributed by atoms with Crippen LogP contribution in [0.15, 0.2) is 0 Å². The van der Waals surface area contributed by atoms with Gasteiger partial charge in [-0.2, -0.15) is 0 Å². The average molecular weight is 321 g/mol. The summed E-state index contributed by atoms with van der Waals surface area (Å²) >= 11 is 0. The zero-order chi connectivity index (χ0) is 15.6. The predicted octanol–water partition coefficient (Wildman–Crippen LogP) is -0.397. The maximum Gasteiger partial charge on any atom is 0.308 e. The summed E-state index contributed by atoms with van der Waals surface area (Å²) in [6.07, 6.45) is 1.15. The van der Waals surface area contributed by atoms with Gasteiger partial charge in [0.1, 0.15) is 0 Å². The molecule has 0 aliphatic carbocycles. The van der Waals surface area contributed by atoms with E-state index in [-0.39, 0.29) is 31.4 Å². The number of carbonyl (C=O) groups is 2. The Morgan fingerprint density at radius 3 is 2.33 bits per heavy atom. The molecule has 2 heterocycles.